The van der Waals surface area contributed by atoms with Crippen LogP contribution >= 0.6 is 0 Å². The molecular formula is C15H21N. The minimum atomic E-state index is 0.579. The first kappa shape index (κ1) is 11.4. The maximum atomic E-state index is 3.60. The van der Waals surface area contributed by atoms with Crippen molar-refractivity contribution in [1.82, 2.24) is 5.32 Å². The van der Waals surface area contributed by atoms with Crippen molar-refractivity contribution >= 4 is 0 Å². The van der Waals surface area contributed by atoms with Gasteiger partial charge in [0.05, 0.1) is 0 Å². The van der Waals surface area contributed by atoms with Gasteiger partial charge in [-0.3, -0.25) is 0 Å². The van der Waals surface area contributed by atoms with Gasteiger partial charge in [-0.15, -0.1) is 0 Å². The lowest BCUT2D eigenvalue weighted by Gasteiger charge is -2.18. The Labute approximate surface area is 98.6 Å². The molecule has 0 amide bonds. The number of benzene rings is 1. The van der Waals surface area contributed by atoms with E-state index < -0.39 is 0 Å². The van der Waals surface area contributed by atoms with Crippen molar-refractivity contribution in [2.45, 2.75) is 45.7 Å². The minimum absolute atomic E-state index is 0.579. The van der Waals surface area contributed by atoms with E-state index in [-0.39, 0.29) is 0 Å². The fourth-order valence-corrected chi connectivity index (χ4v) is 2.14. The van der Waals surface area contributed by atoms with E-state index in [2.05, 4.69) is 49.5 Å². The lowest BCUT2D eigenvalue weighted by molar-refractivity contribution is 0.522. The molecule has 1 atom stereocenters. The van der Waals surface area contributed by atoms with Gasteiger partial charge in [0, 0.05) is 12.6 Å². The Hall–Kier alpha value is -1.08. The van der Waals surface area contributed by atoms with E-state index in [1.165, 1.54) is 36.0 Å². The summed E-state index contributed by atoms with van der Waals surface area (Å²) in [4.78, 5) is 0. The van der Waals surface area contributed by atoms with Crippen LogP contribution in [-0.4, -0.2) is 6.04 Å². The lowest BCUT2D eigenvalue weighted by atomic mass is 10.0. The van der Waals surface area contributed by atoms with E-state index in [4.69, 9.17) is 0 Å². The number of nitrogens with one attached hydrogen (secondary N) is 1. The highest BCUT2D eigenvalue weighted by atomic mass is 14.9. The van der Waals surface area contributed by atoms with Crippen molar-refractivity contribution in [2.24, 2.45) is 0 Å². The Morgan fingerprint density at radius 1 is 1.25 bits per heavy atom. The highest BCUT2D eigenvalue weighted by Gasteiger charge is 2.07. The molecule has 0 saturated heterocycles. The van der Waals surface area contributed by atoms with Gasteiger partial charge in [0.1, 0.15) is 0 Å². The van der Waals surface area contributed by atoms with E-state index in [1.54, 1.807) is 0 Å². The highest BCUT2D eigenvalue weighted by Crippen LogP contribution is 2.13. The molecule has 1 heteroatoms. The van der Waals surface area contributed by atoms with Gasteiger partial charge < -0.3 is 5.32 Å². The molecule has 16 heavy (non-hydrogen) atoms. The van der Waals surface area contributed by atoms with Gasteiger partial charge in [-0.2, -0.15) is 0 Å². The van der Waals surface area contributed by atoms with Crippen LogP contribution in [0.5, 0.6) is 0 Å². The van der Waals surface area contributed by atoms with Crippen molar-refractivity contribution in [3.05, 3.63) is 47.0 Å². The quantitative estimate of drug-likeness (QED) is 0.761. The summed E-state index contributed by atoms with van der Waals surface area (Å²) >= 11 is 0. The third kappa shape index (κ3) is 2.96. The van der Waals surface area contributed by atoms with Crippen molar-refractivity contribution in [1.29, 1.82) is 0 Å². The Kier molecular flexibility index (Phi) is 3.79. The fraction of sp³-hybridized carbons (Fsp3) is 0.467. The summed E-state index contributed by atoms with van der Waals surface area (Å²) in [5.74, 6) is 0. The Bertz CT molecular complexity index is 379. The van der Waals surface area contributed by atoms with Crippen LogP contribution in [0.25, 0.3) is 0 Å². The molecule has 1 aliphatic rings. The van der Waals surface area contributed by atoms with Crippen LogP contribution in [0, 0.1) is 13.8 Å². The molecule has 0 fully saturated rings. The highest BCUT2D eigenvalue weighted by molar-refractivity contribution is 5.29. The summed E-state index contributed by atoms with van der Waals surface area (Å²) in [5, 5.41) is 3.60. The molecule has 0 saturated carbocycles. The molecule has 2 rings (SSSR count). The van der Waals surface area contributed by atoms with E-state index in [0.29, 0.717) is 6.04 Å². The molecule has 1 aromatic carbocycles. The molecule has 0 aliphatic heterocycles. The second-order valence-corrected chi connectivity index (χ2v) is 4.77. The molecule has 1 nitrogen and oxygen atoms in total. The standard InChI is InChI=1S/C15H21N/c1-12-8-9-14(10-13(12)2)11-16-15-6-4-3-5-7-15/h4,6,8-10,15-16H,3,5,7,11H2,1-2H3. The van der Waals surface area contributed by atoms with Gasteiger partial charge in [-0.05, 0) is 49.8 Å². The first-order valence-electron chi connectivity index (χ1n) is 6.22. The van der Waals surface area contributed by atoms with Gasteiger partial charge in [-0.1, -0.05) is 30.4 Å². The van der Waals surface area contributed by atoms with Gasteiger partial charge in [-0.25, -0.2) is 0 Å². The fourth-order valence-electron chi connectivity index (χ4n) is 2.14. The molecule has 0 heterocycles. The number of aryl methyl sites for hydroxylation is 2. The number of allylic oxidation sites excluding steroid dienone is 1. The average molecular weight is 215 g/mol. The zero-order chi connectivity index (χ0) is 11.4. The van der Waals surface area contributed by atoms with Crippen LogP contribution in [-0.2, 0) is 6.54 Å². The summed E-state index contributed by atoms with van der Waals surface area (Å²) in [5.41, 5.74) is 4.15. The summed E-state index contributed by atoms with van der Waals surface area (Å²) < 4.78 is 0. The predicted molar refractivity (Wildman–Crippen MR) is 69.5 cm³/mol. The average Bonchev–Trinajstić information content (AvgIpc) is 2.32. The largest absolute Gasteiger partial charge is 0.306 e. The SMILES string of the molecule is Cc1ccc(CNC2C=CCCC2)cc1C. The topological polar surface area (TPSA) is 12.0 Å². The molecule has 1 aromatic rings. The first-order chi connectivity index (χ1) is 7.75. The maximum absolute atomic E-state index is 3.60. The van der Waals surface area contributed by atoms with Crippen LogP contribution < -0.4 is 5.32 Å². The first-order valence-corrected chi connectivity index (χ1v) is 6.22. The van der Waals surface area contributed by atoms with Crippen LogP contribution in [0.15, 0.2) is 30.4 Å². The second-order valence-electron chi connectivity index (χ2n) is 4.77. The van der Waals surface area contributed by atoms with Crippen LogP contribution in [0.2, 0.25) is 0 Å². The predicted octanol–water partition coefficient (Wildman–Crippen LogP) is 3.50. The zero-order valence-electron chi connectivity index (χ0n) is 10.3. The van der Waals surface area contributed by atoms with Crippen molar-refractivity contribution in [3.63, 3.8) is 0 Å². The van der Waals surface area contributed by atoms with Crippen molar-refractivity contribution in [3.8, 4) is 0 Å². The number of hydrogen-bond acceptors (Lipinski definition) is 1. The molecular weight excluding hydrogens is 194 g/mol. The third-order valence-corrected chi connectivity index (χ3v) is 3.39. The third-order valence-electron chi connectivity index (χ3n) is 3.39. The number of hydrogen-bond donors (Lipinski definition) is 1. The lowest BCUT2D eigenvalue weighted by Crippen LogP contribution is -2.27. The summed E-state index contributed by atoms with van der Waals surface area (Å²) in [7, 11) is 0. The summed E-state index contributed by atoms with van der Waals surface area (Å²) in [6.45, 7) is 5.33. The van der Waals surface area contributed by atoms with E-state index in [1.807, 2.05) is 0 Å². The smallest absolute Gasteiger partial charge is 0.0253 e. The van der Waals surface area contributed by atoms with E-state index >= 15 is 0 Å². The van der Waals surface area contributed by atoms with Gasteiger partial charge in [0.2, 0.25) is 0 Å². The zero-order valence-corrected chi connectivity index (χ0v) is 10.3. The normalized spacial score (nSPS) is 20.0. The van der Waals surface area contributed by atoms with Gasteiger partial charge >= 0.3 is 0 Å². The Balaban J connectivity index is 1.91. The molecule has 0 spiro atoms. The van der Waals surface area contributed by atoms with Crippen molar-refractivity contribution in [2.75, 3.05) is 0 Å². The molecule has 1 aliphatic carbocycles. The van der Waals surface area contributed by atoms with Gasteiger partial charge in [0.25, 0.3) is 0 Å². The monoisotopic (exact) mass is 215 g/mol. The van der Waals surface area contributed by atoms with Crippen LogP contribution in [0.3, 0.4) is 0 Å². The van der Waals surface area contributed by atoms with Crippen molar-refractivity contribution < 1.29 is 0 Å². The van der Waals surface area contributed by atoms with E-state index in [0.717, 1.165) is 6.54 Å². The summed E-state index contributed by atoms with van der Waals surface area (Å²) in [6.07, 6.45) is 8.45. The molecule has 0 aromatic heterocycles. The number of rotatable bonds is 3. The minimum Gasteiger partial charge on any atom is -0.306 e. The molecule has 0 bridgehead atoms. The Morgan fingerprint density at radius 2 is 2.12 bits per heavy atom. The maximum Gasteiger partial charge on any atom is 0.0253 e. The molecule has 86 valence electrons. The second kappa shape index (κ2) is 5.31. The van der Waals surface area contributed by atoms with Crippen LogP contribution in [0.1, 0.15) is 36.0 Å². The Morgan fingerprint density at radius 3 is 2.81 bits per heavy atom. The molecule has 0 radical (unpaired) electrons. The van der Waals surface area contributed by atoms with Gasteiger partial charge in [0.15, 0.2) is 0 Å². The summed E-state index contributed by atoms with van der Waals surface area (Å²) in [6, 6.07) is 7.30. The molecule has 1 N–H and O–H groups in total. The molecule has 1 unspecified atom stereocenters. The van der Waals surface area contributed by atoms with Crippen LogP contribution in [0.4, 0.5) is 0 Å². The van der Waals surface area contributed by atoms with E-state index in [9.17, 15) is 0 Å².